The summed E-state index contributed by atoms with van der Waals surface area (Å²) in [5.74, 6) is -0.242. The van der Waals surface area contributed by atoms with Crippen LogP contribution < -0.4 is 5.32 Å². The molecule has 0 aliphatic carbocycles. The van der Waals surface area contributed by atoms with Crippen molar-refractivity contribution in [2.24, 2.45) is 0 Å². The second-order valence-corrected chi connectivity index (χ2v) is 4.83. The van der Waals surface area contributed by atoms with Crippen LogP contribution in [0.25, 0.3) is 0 Å². The highest BCUT2D eigenvalue weighted by Gasteiger charge is 2.11. The predicted molar refractivity (Wildman–Crippen MR) is 79.8 cm³/mol. The number of hydrogen-bond donors (Lipinski definition) is 2. The van der Waals surface area contributed by atoms with E-state index < -0.39 is 0 Å². The molecule has 0 atom stereocenters. The van der Waals surface area contributed by atoms with E-state index in [0.29, 0.717) is 12.1 Å². The Balaban J connectivity index is 2.11. The van der Waals surface area contributed by atoms with Gasteiger partial charge in [-0.3, -0.25) is 4.79 Å². The van der Waals surface area contributed by atoms with E-state index in [2.05, 4.69) is 18.3 Å². The molecule has 2 aromatic carbocycles. The van der Waals surface area contributed by atoms with Crippen LogP contribution in [0.4, 0.5) is 0 Å². The highest BCUT2D eigenvalue weighted by Crippen LogP contribution is 2.18. The van der Waals surface area contributed by atoms with Crippen LogP contribution >= 0.6 is 0 Å². The van der Waals surface area contributed by atoms with Crippen LogP contribution in [0.1, 0.15) is 34.0 Å². The normalized spacial score (nSPS) is 10.3. The van der Waals surface area contributed by atoms with Gasteiger partial charge in [-0.25, -0.2) is 0 Å². The van der Waals surface area contributed by atoms with Crippen molar-refractivity contribution in [2.45, 2.75) is 26.8 Å². The first-order valence-corrected chi connectivity index (χ1v) is 6.76. The highest BCUT2D eigenvalue weighted by molar-refractivity contribution is 5.96. The first-order chi connectivity index (χ1) is 9.61. The zero-order valence-corrected chi connectivity index (χ0v) is 11.8. The van der Waals surface area contributed by atoms with Crippen molar-refractivity contribution < 1.29 is 9.90 Å². The number of aryl methyl sites for hydroxylation is 2. The van der Waals surface area contributed by atoms with Gasteiger partial charge in [0.25, 0.3) is 5.91 Å². The standard InChI is InChI=1S/C17H19NO2/c1-3-13-6-4-5-7-14(13)11-18-17(20)15-10-12(2)8-9-16(15)19/h4-10,19H,3,11H2,1-2H3,(H,18,20). The summed E-state index contributed by atoms with van der Waals surface area (Å²) in [5, 5.41) is 12.6. The minimum absolute atomic E-state index is 0.0110. The van der Waals surface area contributed by atoms with Crippen LogP contribution in [-0.4, -0.2) is 11.0 Å². The summed E-state index contributed by atoms with van der Waals surface area (Å²) in [6.45, 7) is 4.45. The van der Waals surface area contributed by atoms with Crippen molar-refractivity contribution in [3.8, 4) is 5.75 Å². The van der Waals surface area contributed by atoms with E-state index in [-0.39, 0.29) is 11.7 Å². The Hall–Kier alpha value is -2.29. The van der Waals surface area contributed by atoms with Gasteiger partial charge in [-0.1, -0.05) is 42.8 Å². The first-order valence-electron chi connectivity index (χ1n) is 6.76. The lowest BCUT2D eigenvalue weighted by atomic mass is 10.0. The lowest BCUT2D eigenvalue weighted by Gasteiger charge is -2.10. The Labute approximate surface area is 119 Å². The molecule has 0 aliphatic rings. The van der Waals surface area contributed by atoms with E-state index >= 15 is 0 Å². The van der Waals surface area contributed by atoms with Gasteiger partial charge in [-0.05, 0) is 36.6 Å². The van der Waals surface area contributed by atoms with Crippen LogP contribution in [0.5, 0.6) is 5.75 Å². The Morgan fingerprint density at radius 1 is 1.15 bits per heavy atom. The average molecular weight is 269 g/mol. The van der Waals surface area contributed by atoms with Crippen LogP contribution in [-0.2, 0) is 13.0 Å². The van der Waals surface area contributed by atoms with Crippen LogP contribution in [0.15, 0.2) is 42.5 Å². The minimum atomic E-state index is -0.253. The Bertz CT molecular complexity index is 620. The molecule has 0 radical (unpaired) electrons. The summed E-state index contributed by atoms with van der Waals surface area (Å²) < 4.78 is 0. The molecule has 1 amide bonds. The Morgan fingerprint density at radius 2 is 1.85 bits per heavy atom. The van der Waals surface area contributed by atoms with Gasteiger partial charge in [0.15, 0.2) is 0 Å². The quantitative estimate of drug-likeness (QED) is 0.895. The molecule has 0 heterocycles. The third-order valence-electron chi connectivity index (χ3n) is 3.34. The number of amides is 1. The van der Waals surface area contributed by atoms with E-state index in [1.807, 2.05) is 25.1 Å². The smallest absolute Gasteiger partial charge is 0.255 e. The van der Waals surface area contributed by atoms with E-state index in [4.69, 9.17) is 0 Å². The third-order valence-corrected chi connectivity index (χ3v) is 3.34. The zero-order valence-electron chi connectivity index (χ0n) is 11.8. The predicted octanol–water partition coefficient (Wildman–Crippen LogP) is 3.19. The van der Waals surface area contributed by atoms with Gasteiger partial charge in [-0.15, -0.1) is 0 Å². The number of hydrogen-bond acceptors (Lipinski definition) is 2. The SMILES string of the molecule is CCc1ccccc1CNC(=O)c1cc(C)ccc1O. The van der Waals surface area contributed by atoms with Gasteiger partial charge in [0, 0.05) is 6.54 Å². The minimum Gasteiger partial charge on any atom is -0.507 e. The Morgan fingerprint density at radius 3 is 2.55 bits per heavy atom. The van der Waals surface area contributed by atoms with E-state index in [1.54, 1.807) is 18.2 Å². The number of carbonyl (C=O) groups is 1. The summed E-state index contributed by atoms with van der Waals surface area (Å²) in [5.41, 5.74) is 3.60. The van der Waals surface area contributed by atoms with Gasteiger partial charge < -0.3 is 10.4 Å². The molecule has 2 N–H and O–H groups in total. The number of phenols is 1. The van der Waals surface area contributed by atoms with Crippen molar-refractivity contribution in [3.63, 3.8) is 0 Å². The van der Waals surface area contributed by atoms with Crippen LogP contribution in [0.2, 0.25) is 0 Å². The number of nitrogens with one attached hydrogen (secondary N) is 1. The fourth-order valence-corrected chi connectivity index (χ4v) is 2.18. The van der Waals surface area contributed by atoms with Crippen molar-refractivity contribution in [1.29, 1.82) is 0 Å². The molecule has 2 rings (SSSR count). The van der Waals surface area contributed by atoms with Crippen LogP contribution in [0, 0.1) is 6.92 Å². The fourth-order valence-electron chi connectivity index (χ4n) is 2.18. The van der Waals surface area contributed by atoms with E-state index in [0.717, 1.165) is 17.5 Å². The molecular formula is C17H19NO2. The molecule has 0 saturated heterocycles. The monoisotopic (exact) mass is 269 g/mol. The molecule has 0 aliphatic heterocycles. The van der Waals surface area contributed by atoms with E-state index in [9.17, 15) is 9.90 Å². The molecule has 0 bridgehead atoms. The maximum atomic E-state index is 12.1. The summed E-state index contributed by atoms with van der Waals surface area (Å²) >= 11 is 0. The topological polar surface area (TPSA) is 49.3 Å². The highest BCUT2D eigenvalue weighted by atomic mass is 16.3. The molecular weight excluding hydrogens is 250 g/mol. The molecule has 0 aromatic heterocycles. The second-order valence-electron chi connectivity index (χ2n) is 4.83. The van der Waals surface area contributed by atoms with Crippen molar-refractivity contribution >= 4 is 5.91 Å². The number of phenolic OH excluding ortho intramolecular Hbond substituents is 1. The molecule has 104 valence electrons. The summed E-state index contributed by atoms with van der Waals surface area (Å²) in [6, 6.07) is 13.0. The number of rotatable bonds is 4. The van der Waals surface area contributed by atoms with Gasteiger partial charge in [-0.2, -0.15) is 0 Å². The molecule has 0 saturated carbocycles. The molecule has 20 heavy (non-hydrogen) atoms. The van der Waals surface area contributed by atoms with Crippen LogP contribution in [0.3, 0.4) is 0 Å². The molecule has 2 aromatic rings. The largest absolute Gasteiger partial charge is 0.507 e. The van der Waals surface area contributed by atoms with Crippen molar-refractivity contribution in [1.82, 2.24) is 5.32 Å². The second kappa shape index (κ2) is 6.24. The van der Waals surface area contributed by atoms with Crippen molar-refractivity contribution in [2.75, 3.05) is 0 Å². The lowest BCUT2D eigenvalue weighted by Crippen LogP contribution is -2.23. The molecule has 0 unspecified atom stereocenters. The summed E-state index contributed by atoms with van der Waals surface area (Å²) in [7, 11) is 0. The molecule has 3 nitrogen and oxygen atoms in total. The van der Waals surface area contributed by atoms with Gasteiger partial charge >= 0.3 is 0 Å². The van der Waals surface area contributed by atoms with Crippen molar-refractivity contribution in [3.05, 3.63) is 64.7 Å². The summed E-state index contributed by atoms with van der Waals surface area (Å²) in [4.78, 5) is 12.1. The van der Waals surface area contributed by atoms with E-state index in [1.165, 1.54) is 5.56 Å². The molecule has 3 heteroatoms. The van der Waals surface area contributed by atoms with Gasteiger partial charge in [0.05, 0.1) is 5.56 Å². The maximum absolute atomic E-state index is 12.1. The fraction of sp³-hybridized carbons (Fsp3) is 0.235. The number of aromatic hydroxyl groups is 1. The zero-order chi connectivity index (χ0) is 14.5. The first kappa shape index (κ1) is 14.1. The average Bonchev–Trinajstić information content (AvgIpc) is 2.47. The van der Waals surface area contributed by atoms with Gasteiger partial charge in [0.2, 0.25) is 0 Å². The van der Waals surface area contributed by atoms with Gasteiger partial charge in [0.1, 0.15) is 5.75 Å². The number of carbonyl (C=O) groups excluding carboxylic acids is 1. The lowest BCUT2D eigenvalue weighted by molar-refractivity contribution is 0.0948. The molecule has 0 spiro atoms. The summed E-state index contributed by atoms with van der Waals surface area (Å²) in [6.07, 6.45) is 0.932. The number of benzene rings is 2. The Kier molecular flexibility index (Phi) is 4.41. The maximum Gasteiger partial charge on any atom is 0.255 e. The third kappa shape index (κ3) is 3.18. The molecule has 0 fully saturated rings.